The number of thiol groups is 1. The fourth-order valence-corrected chi connectivity index (χ4v) is 2.96. The molecule has 0 radical (unpaired) electrons. The Kier molecular flexibility index (Phi) is 4.76. The molecule has 0 aliphatic carbocycles. The van der Waals surface area contributed by atoms with Gasteiger partial charge in [0.15, 0.2) is 0 Å². The van der Waals surface area contributed by atoms with Gasteiger partial charge >= 0.3 is 0 Å². The summed E-state index contributed by atoms with van der Waals surface area (Å²) >= 11 is 4.36. The number of benzene rings is 2. The maximum atomic E-state index is 11.8. The highest BCUT2D eigenvalue weighted by molar-refractivity contribution is 7.81. The van der Waals surface area contributed by atoms with E-state index in [1.807, 2.05) is 29.2 Å². The van der Waals surface area contributed by atoms with Crippen LogP contribution in [0.25, 0.3) is 0 Å². The number of rotatable bonds is 5. The molecule has 1 unspecified atom stereocenters. The Labute approximate surface area is 145 Å². The van der Waals surface area contributed by atoms with Crippen molar-refractivity contribution < 1.29 is 14.3 Å². The highest BCUT2D eigenvalue weighted by atomic mass is 32.1. The average Bonchev–Trinajstić information content (AvgIpc) is 2.87. The monoisotopic (exact) mass is 342 g/mol. The van der Waals surface area contributed by atoms with Crippen molar-refractivity contribution in [3.63, 3.8) is 0 Å². The number of primary amides is 1. The van der Waals surface area contributed by atoms with Gasteiger partial charge in [-0.25, -0.2) is 0 Å². The van der Waals surface area contributed by atoms with Gasteiger partial charge < -0.3 is 15.4 Å². The number of hydrogen-bond donors (Lipinski definition) is 2. The molecule has 1 aliphatic rings. The minimum atomic E-state index is -0.467. The van der Waals surface area contributed by atoms with E-state index in [1.54, 1.807) is 24.3 Å². The average molecular weight is 342 g/mol. The minimum Gasteiger partial charge on any atom is -0.457 e. The van der Waals surface area contributed by atoms with Gasteiger partial charge in [0.25, 0.3) is 0 Å². The molecule has 124 valence electrons. The number of carbonyl (C=O) groups excluding carboxylic acids is 2. The molecular weight excluding hydrogens is 324 g/mol. The number of nitrogens with zero attached hydrogens (tertiary/aromatic N) is 1. The van der Waals surface area contributed by atoms with Crippen molar-refractivity contribution in [2.24, 2.45) is 5.73 Å². The van der Waals surface area contributed by atoms with Gasteiger partial charge in [-0.05, 0) is 42.0 Å². The summed E-state index contributed by atoms with van der Waals surface area (Å²) < 4.78 is 5.73. The predicted octanol–water partition coefficient (Wildman–Crippen LogP) is 2.61. The van der Waals surface area contributed by atoms with Crippen molar-refractivity contribution in [1.82, 2.24) is 4.90 Å². The molecule has 1 saturated heterocycles. The van der Waals surface area contributed by atoms with Crippen LogP contribution in [0, 0.1) is 0 Å². The van der Waals surface area contributed by atoms with Crippen LogP contribution in [0.4, 0.5) is 0 Å². The molecular formula is C18H18N2O3S. The first-order valence-corrected chi connectivity index (χ1v) is 8.15. The maximum absolute atomic E-state index is 11.8. The Morgan fingerprint density at radius 1 is 1.12 bits per heavy atom. The number of likely N-dealkylation sites (tertiary alicyclic amines) is 1. The molecule has 1 fully saturated rings. The van der Waals surface area contributed by atoms with Crippen molar-refractivity contribution in [2.75, 3.05) is 6.54 Å². The Hall–Kier alpha value is -2.47. The highest BCUT2D eigenvalue weighted by Gasteiger charge is 2.26. The van der Waals surface area contributed by atoms with Crippen LogP contribution in [0.5, 0.6) is 11.5 Å². The van der Waals surface area contributed by atoms with Crippen molar-refractivity contribution >= 4 is 24.4 Å². The zero-order chi connectivity index (χ0) is 17.1. The maximum Gasteiger partial charge on any atom is 0.248 e. The summed E-state index contributed by atoms with van der Waals surface area (Å²) in [6.07, 6.45) is 0.506. The van der Waals surface area contributed by atoms with E-state index in [9.17, 15) is 9.59 Å². The van der Waals surface area contributed by atoms with Crippen molar-refractivity contribution in [3.05, 3.63) is 59.7 Å². The van der Waals surface area contributed by atoms with Gasteiger partial charge in [0.1, 0.15) is 11.5 Å². The third-order valence-corrected chi connectivity index (χ3v) is 4.21. The summed E-state index contributed by atoms with van der Waals surface area (Å²) in [5, 5.41) is 0.128. The second kappa shape index (κ2) is 6.97. The normalized spacial score (nSPS) is 17.1. The first kappa shape index (κ1) is 16.4. The van der Waals surface area contributed by atoms with E-state index < -0.39 is 5.91 Å². The molecule has 2 aromatic carbocycles. The van der Waals surface area contributed by atoms with Crippen LogP contribution in [0.2, 0.25) is 0 Å². The van der Waals surface area contributed by atoms with Gasteiger partial charge in [0, 0.05) is 30.3 Å². The molecule has 1 atom stereocenters. The van der Waals surface area contributed by atoms with E-state index in [-0.39, 0.29) is 11.2 Å². The van der Waals surface area contributed by atoms with Crippen molar-refractivity contribution in [1.29, 1.82) is 0 Å². The molecule has 1 heterocycles. The van der Waals surface area contributed by atoms with E-state index in [1.165, 1.54) is 0 Å². The number of carbonyl (C=O) groups is 2. The highest BCUT2D eigenvalue weighted by Crippen LogP contribution is 2.24. The molecule has 5 nitrogen and oxygen atoms in total. The second-order valence-corrected chi connectivity index (χ2v) is 6.50. The lowest BCUT2D eigenvalue weighted by Crippen LogP contribution is -2.24. The Balaban J connectivity index is 1.62. The quantitative estimate of drug-likeness (QED) is 0.821. The van der Waals surface area contributed by atoms with Crippen molar-refractivity contribution in [3.8, 4) is 11.5 Å². The van der Waals surface area contributed by atoms with E-state index in [0.717, 1.165) is 5.56 Å². The zero-order valence-electron chi connectivity index (χ0n) is 13.0. The zero-order valence-corrected chi connectivity index (χ0v) is 13.9. The first-order chi connectivity index (χ1) is 11.5. The van der Waals surface area contributed by atoms with Crippen LogP contribution < -0.4 is 10.5 Å². The lowest BCUT2D eigenvalue weighted by atomic mass is 10.2. The van der Waals surface area contributed by atoms with E-state index in [4.69, 9.17) is 10.5 Å². The third-order valence-electron chi connectivity index (χ3n) is 3.87. The molecule has 0 saturated carbocycles. The number of hydrogen-bond acceptors (Lipinski definition) is 4. The Morgan fingerprint density at radius 2 is 1.71 bits per heavy atom. The molecule has 2 aromatic rings. The van der Waals surface area contributed by atoms with Gasteiger partial charge in [-0.15, -0.1) is 0 Å². The Morgan fingerprint density at radius 3 is 2.21 bits per heavy atom. The van der Waals surface area contributed by atoms with Gasteiger partial charge in [0.05, 0.1) is 0 Å². The van der Waals surface area contributed by atoms with E-state index in [0.29, 0.717) is 36.6 Å². The second-order valence-electron chi connectivity index (χ2n) is 5.77. The molecule has 6 heteroatoms. The molecule has 1 aliphatic heterocycles. The standard InChI is InChI=1S/C18H18N2O3S/c19-18(22)13-3-7-15(8-4-13)23-14-5-1-12(2-6-14)10-20-11-16(24)9-17(20)21/h1-8,16,24H,9-11H2,(H2,19,22). The van der Waals surface area contributed by atoms with Crippen LogP contribution in [-0.4, -0.2) is 28.5 Å². The SMILES string of the molecule is NC(=O)c1ccc(Oc2ccc(CN3CC(S)CC3=O)cc2)cc1. The fraction of sp³-hybridized carbons (Fsp3) is 0.222. The van der Waals surface area contributed by atoms with Crippen molar-refractivity contribution in [2.45, 2.75) is 18.2 Å². The minimum absolute atomic E-state index is 0.128. The van der Waals surface area contributed by atoms with E-state index in [2.05, 4.69) is 12.6 Å². The summed E-state index contributed by atoms with van der Waals surface area (Å²) in [4.78, 5) is 24.6. The molecule has 0 bridgehead atoms. The lowest BCUT2D eigenvalue weighted by molar-refractivity contribution is -0.128. The Bertz CT molecular complexity index is 744. The largest absolute Gasteiger partial charge is 0.457 e. The number of nitrogens with two attached hydrogens (primary N) is 1. The summed E-state index contributed by atoms with van der Waals surface area (Å²) in [7, 11) is 0. The fourth-order valence-electron chi connectivity index (χ4n) is 2.61. The molecule has 0 spiro atoms. The van der Waals surface area contributed by atoms with Gasteiger partial charge in [-0.3, -0.25) is 9.59 Å². The smallest absolute Gasteiger partial charge is 0.248 e. The summed E-state index contributed by atoms with van der Waals surface area (Å²) in [6, 6.07) is 14.2. The summed E-state index contributed by atoms with van der Waals surface area (Å²) in [5.74, 6) is 0.987. The summed E-state index contributed by atoms with van der Waals surface area (Å²) in [6.45, 7) is 1.27. The lowest BCUT2D eigenvalue weighted by Gasteiger charge is -2.16. The first-order valence-electron chi connectivity index (χ1n) is 7.64. The van der Waals surface area contributed by atoms with Gasteiger partial charge in [-0.2, -0.15) is 12.6 Å². The molecule has 2 N–H and O–H groups in total. The molecule has 3 rings (SSSR count). The number of amides is 2. The summed E-state index contributed by atoms with van der Waals surface area (Å²) in [5.41, 5.74) is 6.69. The third kappa shape index (κ3) is 3.89. The van der Waals surface area contributed by atoms with Crippen LogP contribution in [-0.2, 0) is 11.3 Å². The van der Waals surface area contributed by atoms with E-state index >= 15 is 0 Å². The van der Waals surface area contributed by atoms with Gasteiger partial charge in [-0.1, -0.05) is 12.1 Å². The van der Waals surface area contributed by atoms with Gasteiger partial charge in [0.2, 0.25) is 11.8 Å². The van der Waals surface area contributed by atoms with Crippen LogP contribution in [0.15, 0.2) is 48.5 Å². The van der Waals surface area contributed by atoms with Crippen LogP contribution in [0.3, 0.4) is 0 Å². The predicted molar refractivity (Wildman–Crippen MR) is 94.3 cm³/mol. The number of ether oxygens (including phenoxy) is 1. The molecule has 2 amide bonds. The topological polar surface area (TPSA) is 72.6 Å². The van der Waals surface area contributed by atoms with Crippen LogP contribution in [0.1, 0.15) is 22.3 Å². The molecule has 0 aromatic heterocycles. The molecule has 24 heavy (non-hydrogen) atoms. The van der Waals surface area contributed by atoms with Crippen LogP contribution >= 0.6 is 12.6 Å².